The number of rotatable bonds is 6. The van der Waals surface area contributed by atoms with Gasteiger partial charge >= 0.3 is 0 Å². The second kappa shape index (κ2) is 10.2. The third-order valence-electron chi connectivity index (χ3n) is 6.55. The molecule has 1 amide bonds. The molecule has 35 heavy (non-hydrogen) atoms. The van der Waals surface area contributed by atoms with Gasteiger partial charge in [-0.05, 0) is 36.4 Å². The second-order valence-corrected chi connectivity index (χ2v) is 9.48. The van der Waals surface area contributed by atoms with Gasteiger partial charge in [0.2, 0.25) is 5.91 Å². The summed E-state index contributed by atoms with van der Waals surface area (Å²) < 4.78 is 7.62. The van der Waals surface area contributed by atoms with E-state index in [4.69, 9.17) is 27.9 Å². The largest absolute Gasteiger partial charge is 0.496 e. The quantitative estimate of drug-likeness (QED) is 0.344. The first kappa shape index (κ1) is 23.5. The van der Waals surface area contributed by atoms with Gasteiger partial charge in [-0.25, -0.2) is 4.98 Å². The molecule has 1 fully saturated rings. The van der Waals surface area contributed by atoms with Crippen LogP contribution in [0.2, 0.25) is 10.0 Å². The molecule has 1 atom stereocenters. The molecule has 1 aliphatic heterocycles. The Labute approximate surface area is 214 Å². The van der Waals surface area contributed by atoms with Gasteiger partial charge in [0.25, 0.3) is 0 Å². The number of ether oxygens (including phenoxy) is 1. The molecule has 3 heterocycles. The zero-order valence-electron chi connectivity index (χ0n) is 19.4. The molecular formula is C27H26Cl2N4O2. The van der Waals surface area contributed by atoms with Crippen molar-refractivity contribution in [1.29, 1.82) is 0 Å². The molecule has 1 saturated heterocycles. The molecular weight excluding hydrogens is 483 g/mol. The Bertz CT molecular complexity index is 1350. The molecule has 0 saturated carbocycles. The van der Waals surface area contributed by atoms with Gasteiger partial charge in [0, 0.05) is 67.2 Å². The standard InChI is InChI=1S/C27H26Cl2N4O2/c1-35-25-8-3-2-7-22(25)23(24-17-30-26-10-9-20(29)18-33(24)26)16-27(34)32-13-11-31(12-14-32)21-6-4-5-19(28)15-21/h2-10,15,17-18,23H,11-14,16H2,1H3. The van der Waals surface area contributed by atoms with Gasteiger partial charge < -0.3 is 18.9 Å². The van der Waals surface area contributed by atoms with Gasteiger partial charge in [0.15, 0.2) is 0 Å². The fourth-order valence-electron chi connectivity index (χ4n) is 4.75. The normalized spacial score (nSPS) is 14.8. The number of anilines is 1. The zero-order valence-corrected chi connectivity index (χ0v) is 20.9. The van der Waals surface area contributed by atoms with Crippen molar-refractivity contribution in [1.82, 2.24) is 14.3 Å². The monoisotopic (exact) mass is 508 g/mol. The van der Waals surface area contributed by atoms with Gasteiger partial charge in [-0.15, -0.1) is 0 Å². The van der Waals surface area contributed by atoms with Crippen LogP contribution in [-0.2, 0) is 4.79 Å². The van der Waals surface area contributed by atoms with Crippen molar-refractivity contribution in [3.63, 3.8) is 0 Å². The van der Waals surface area contributed by atoms with E-state index in [-0.39, 0.29) is 11.8 Å². The van der Waals surface area contributed by atoms with Crippen LogP contribution in [0.3, 0.4) is 0 Å². The average molecular weight is 509 g/mol. The van der Waals surface area contributed by atoms with Gasteiger partial charge in [-0.3, -0.25) is 4.79 Å². The third-order valence-corrected chi connectivity index (χ3v) is 7.01. The number of para-hydroxylation sites is 1. The van der Waals surface area contributed by atoms with Gasteiger partial charge in [-0.2, -0.15) is 0 Å². The highest BCUT2D eigenvalue weighted by atomic mass is 35.5. The fourth-order valence-corrected chi connectivity index (χ4v) is 5.10. The van der Waals surface area contributed by atoms with Crippen LogP contribution in [0, 0.1) is 0 Å². The molecule has 0 aliphatic carbocycles. The van der Waals surface area contributed by atoms with Gasteiger partial charge in [0.1, 0.15) is 11.4 Å². The van der Waals surface area contributed by atoms with E-state index in [1.54, 1.807) is 7.11 Å². The lowest BCUT2D eigenvalue weighted by Crippen LogP contribution is -2.49. The number of amides is 1. The first-order valence-corrected chi connectivity index (χ1v) is 12.3. The number of benzene rings is 2. The molecule has 180 valence electrons. The summed E-state index contributed by atoms with van der Waals surface area (Å²) in [5.41, 5.74) is 3.71. The molecule has 0 N–H and O–H groups in total. The number of methoxy groups -OCH3 is 1. The van der Waals surface area contributed by atoms with E-state index in [2.05, 4.69) is 16.0 Å². The van der Waals surface area contributed by atoms with E-state index in [9.17, 15) is 4.79 Å². The number of imidazole rings is 1. The minimum absolute atomic E-state index is 0.101. The van der Waals surface area contributed by atoms with Crippen LogP contribution in [0.1, 0.15) is 23.6 Å². The van der Waals surface area contributed by atoms with Crippen LogP contribution < -0.4 is 9.64 Å². The molecule has 4 aromatic rings. The van der Waals surface area contributed by atoms with Crippen molar-refractivity contribution in [3.05, 3.63) is 94.4 Å². The number of hydrogen-bond donors (Lipinski definition) is 0. The molecule has 2 aromatic carbocycles. The number of carbonyl (C=O) groups excluding carboxylic acids is 1. The summed E-state index contributed by atoms with van der Waals surface area (Å²) in [7, 11) is 1.65. The Balaban J connectivity index is 1.40. The Morgan fingerprint density at radius 2 is 1.80 bits per heavy atom. The zero-order chi connectivity index (χ0) is 24.4. The van der Waals surface area contributed by atoms with Crippen molar-refractivity contribution in [2.24, 2.45) is 0 Å². The van der Waals surface area contributed by atoms with E-state index in [0.717, 1.165) is 41.4 Å². The number of carbonyl (C=O) groups is 1. The van der Waals surface area contributed by atoms with Crippen molar-refractivity contribution in [3.8, 4) is 5.75 Å². The van der Waals surface area contributed by atoms with E-state index in [0.29, 0.717) is 29.6 Å². The Kier molecular flexibility index (Phi) is 6.84. The summed E-state index contributed by atoms with van der Waals surface area (Å²) >= 11 is 12.5. The summed E-state index contributed by atoms with van der Waals surface area (Å²) in [6.07, 6.45) is 3.97. The predicted octanol–water partition coefficient (Wildman–Crippen LogP) is 5.52. The molecule has 2 aromatic heterocycles. The summed E-state index contributed by atoms with van der Waals surface area (Å²) in [5, 5.41) is 1.33. The van der Waals surface area contributed by atoms with E-state index in [1.165, 1.54) is 0 Å². The predicted molar refractivity (Wildman–Crippen MR) is 140 cm³/mol. The number of hydrogen-bond acceptors (Lipinski definition) is 4. The lowest BCUT2D eigenvalue weighted by atomic mass is 9.91. The highest BCUT2D eigenvalue weighted by Gasteiger charge is 2.28. The maximum atomic E-state index is 13.6. The lowest BCUT2D eigenvalue weighted by molar-refractivity contribution is -0.131. The topological polar surface area (TPSA) is 50.1 Å². The molecule has 0 radical (unpaired) electrons. The first-order chi connectivity index (χ1) is 17.0. The van der Waals surface area contributed by atoms with Crippen LogP contribution >= 0.6 is 23.2 Å². The maximum absolute atomic E-state index is 13.6. The molecule has 0 bridgehead atoms. The fraction of sp³-hybridized carbons (Fsp3) is 0.259. The number of halogens is 2. The molecule has 1 unspecified atom stereocenters. The average Bonchev–Trinajstić information content (AvgIpc) is 3.30. The van der Waals surface area contributed by atoms with Crippen LogP contribution in [0.4, 0.5) is 5.69 Å². The lowest BCUT2D eigenvalue weighted by Gasteiger charge is -2.36. The Hall–Kier alpha value is -3.22. The second-order valence-electron chi connectivity index (χ2n) is 8.60. The van der Waals surface area contributed by atoms with Crippen molar-refractivity contribution in [2.45, 2.75) is 12.3 Å². The van der Waals surface area contributed by atoms with Gasteiger partial charge in [-0.1, -0.05) is 47.5 Å². The summed E-state index contributed by atoms with van der Waals surface area (Å²) in [4.78, 5) is 22.3. The Morgan fingerprint density at radius 3 is 2.57 bits per heavy atom. The van der Waals surface area contributed by atoms with Crippen LogP contribution in [0.5, 0.6) is 5.75 Å². The summed E-state index contributed by atoms with van der Waals surface area (Å²) in [6, 6.07) is 19.4. The molecule has 6 nitrogen and oxygen atoms in total. The molecule has 1 aliphatic rings. The smallest absolute Gasteiger partial charge is 0.223 e. The molecule has 0 spiro atoms. The van der Waals surface area contributed by atoms with E-state index >= 15 is 0 Å². The van der Waals surface area contributed by atoms with E-state index < -0.39 is 0 Å². The summed E-state index contributed by atoms with van der Waals surface area (Å²) in [5.74, 6) is 0.606. The number of fused-ring (bicyclic) bond motifs is 1. The third kappa shape index (κ3) is 4.95. The van der Waals surface area contributed by atoms with Crippen molar-refractivity contribution < 1.29 is 9.53 Å². The minimum atomic E-state index is -0.238. The van der Waals surface area contributed by atoms with Crippen molar-refractivity contribution in [2.75, 3.05) is 38.2 Å². The molecule has 5 rings (SSSR count). The Morgan fingerprint density at radius 1 is 1.00 bits per heavy atom. The minimum Gasteiger partial charge on any atom is -0.496 e. The SMILES string of the molecule is COc1ccccc1C(CC(=O)N1CCN(c2cccc(Cl)c2)CC1)c1cnc2ccc(Cl)cn12. The highest BCUT2D eigenvalue weighted by Crippen LogP contribution is 2.35. The number of piperazine rings is 1. The first-order valence-electron chi connectivity index (χ1n) is 11.6. The van der Waals surface area contributed by atoms with Crippen LogP contribution in [-0.4, -0.2) is 53.5 Å². The van der Waals surface area contributed by atoms with Crippen molar-refractivity contribution >= 4 is 40.4 Å². The summed E-state index contributed by atoms with van der Waals surface area (Å²) in [6.45, 7) is 2.83. The van der Waals surface area contributed by atoms with Crippen LogP contribution in [0.25, 0.3) is 5.65 Å². The highest BCUT2D eigenvalue weighted by molar-refractivity contribution is 6.31. The van der Waals surface area contributed by atoms with Crippen LogP contribution in [0.15, 0.2) is 73.1 Å². The number of aromatic nitrogens is 2. The maximum Gasteiger partial charge on any atom is 0.223 e. The number of pyridine rings is 1. The number of nitrogens with zero attached hydrogens (tertiary/aromatic N) is 4. The van der Waals surface area contributed by atoms with E-state index in [1.807, 2.05) is 76.3 Å². The van der Waals surface area contributed by atoms with Gasteiger partial charge in [0.05, 0.1) is 17.8 Å². The molecule has 8 heteroatoms.